The molecule has 3 heteroatoms. The minimum atomic E-state index is -0.269. The first kappa shape index (κ1) is 13.8. The number of hydrogen-bond acceptors (Lipinski definition) is 3. The van der Waals surface area contributed by atoms with E-state index in [1.165, 1.54) is 22.1 Å². The van der Waals surface area contributed by atoms with Gasteiger partial charge in [0.1, 0.15) is 6.61 Å². The molecular weight excluding hydrogens is 232 g/mol. The lowest BCUT2D eigenvalue weighted by atomic mass is 10.1. The molecule has 0 spiro atoms. The standard InChI is InChI=1S/C14H18O2S/c1-4-6-14(15)16-9-10-17-13-8-5-7-11(2)12(13)3/h4-8H,9-10H2,1-3H3. The second-order valence-corrected chi connectivity index (χ2v) is 4.85. The molecule has 0 aliphatic carbocycles. The number of esters is 1. The monoisotopic (exact) mass is 250 g/mol. The lowest BCUT2D eigenvalue weighted by molar-refractivity contribution is -0.137. The number of rotatable bonds is 5. The van der Waals surface area contributed by atoms with Crippen molar-refractivity contribution >= 4 is 17.7 Å². The molecule has 0 aliphatic rings. The molecule has 1 rings (SSSR count). The normalized spacial score (nSPS) is 10.8. The van der Waals surface area contributed by atoms with Crippen molar-refractivity contribution in [1.29, 1.82) is 0 Å². The third-order valence-electron chi connectivity index (χ3n) is 2.44. The van der Waals surface area contributed by atoms with Gasteiger partial charge in [0.2, 0.25) is 0 Å². The maximum Gasteiger partial charge on any atom is 0.330 e. The Hall–Kier alpha value is -1.22. The maximum absolute atomic E-state index is 11.1. The van der Waals surface area contributed by atoms with Gasteiger partial charge in [0.25, 0.3) is 0 Å². The fraction of sp³-hybridized carbons (Fsp3) is 0.357. The molecule has 0 fully saturated rings. The van der Waals surface area contributed by atoms with E-state index >= 15 is 0 Å². The summed E-state index contributed by atoms with van der Waals surface area (Å²) in [4.78, 5) is 12.3. The zero-order valence-corrected chi connectivity index (χ0v) is 11.3. The summed E-state index contributed by atoms with van der Waals surface area (Å²) < 4.78 is 5.03. The Labute approximate surface area is 107 Å². The minimum Gasteiger partial charge on any atom is -0.462 e. The SMILES string of the molecule is CC=CC(=O)OCCSc1cccc(C)c1C. The van der Waals surface area contributed by atoms with Crippen LogP contribution in [0.25, 0.3) is 0 Å². The van der Waals surface area contributed by atoms with Crippen LogP contribution in [0.5, 0.6) is 0 Å². The van der Waals surface area contributed by atoms with Crippen molar-refractivity contribution in [2.75, 3.05) is 12.4 Å². The predicted molar refractivity (Wildman–Crippen MR) is 72.4 cm³/mol. The fourth-order valence-corrected chi connectivity index (χ4v) is 2.30. The number of carbonyl (C=O) groups is 1. The number of benzene rings is 1. The van der Waals surface area contributed by atoms with Gasteiger partial charge in [-0.15, -0.1) is 11.8 Å². The quantitative estimate of drug-likeness (QED) is 0.346. The Morgan fingerprint density at radius 2 is 2.18 bits per heavy atom. The van der Waals surface area contributed by atoms with Gasteiger partial charge in [-0.2, -0.15) is 0 Å². The van der Waals surface area contributed by atoms with E-state index in [1.807, 2.05) is 0 Å². The first-order valence-corrected chi connectivity index (χ1v) is 6.62. The van der Waals surface area contributed by atoms with Crippen molar-refractivity contribution in [2.24, 2.45) is 0 Å². The summed E-state index contributed by atoms with van der Waals surface area (Å²) in [5, 5.41) is 0. The second kappa shape index (κ2) is 7.17. The highest BCUT2D eigenvalue weighted by Crippen LogP contribution is 2.24. The summed E-state index contributed by atoms with van der Waals surface area (Å²) in [6.07, 6.45) is 3.11. The van der Waals surface area contributed by atoms with E-state index in [1.54, 1.807) is 24.8 Å². The molecule has 0 unspecified atom stereocenters. The van der Waals surface area contributed by atoms with Gasteiger partial charge in [-0.3, -0.25) is 0 Å². The average molecular weight is 250 g/mol. The molecule has 2 nitrogen and oxygen atoms in total. The molecule has 0 aromatic heterocycles. The van der Waals surface area contributed by atoms with E-state index < -0.39 is 0 Å². The lowest BCUT2D eigenvalue weighted by Gasteiger charge is -2.07. The second-order valence-electron chi connectivity index (χ2n) is 3.71. The Morgan fingerprint density at radius 3 is 2.88 bits per heavy atom. The van der Waals surface area contributed by atoms with Crippen molar-refractivity contribution in [3.8, 4) is 0 Å². The van der Waals surface area contributed by atoms with E-state index in [0.717, 1.165) is 5.75 Å². The van der Waals surface area contributed by atoms with Gasteiger partial charge in [0.15, 0.2) is 0 Å². The van der Waals surface area contributed by atoms with Gasteiger partial charge in [0.05, 0.1) is 0 Å². The molecule has 0 heterocycles. The molecule has 0 N–H and O–H groups in total. The number of carbonyl (C=O) groups excluding carboxylic acids is 1. The Bertz CT molecular complexity index is 411. The molecular formula is C14H18O2S. The Morgan fingerprint density at radius 1 is 1.41 bits per heavy atom. The summed E-state index contributed by atoms with van der Waals surface area (Å²) in [5.41, 5.74) is 2.60. The molecule has 0 atom stereocenters. The van der Waals surface area contributed by atoms with E-state index in [0.29, 0.717) is 6.61 Å². The molecule has 0 radical (unpaired) electrons. The molecule has 0 saturated carbocycles. The Balaban J connectivity index is 2.36. The number of allylic oxidation sites excluding steroid dienone is 1. The predicted octanol–water partition coefficient (Wildman–Crippen LogP) is 3.51. The van der Waals surface area contributed by atoms with E-state index in [-0.39, 0.29) is 5.97 Å². The van der Waals surface area contributed by atoms with Crippen LogP contribution in [0.2, 0.25) is 0 Å². The van der Waals surface area contributed by atoms with Gasteiger partial charge in [0, 0.05) is 16.7 Å². The summed E-state index contributed by atoms with van der Waals surface area (Å²) in [5.74, 6) is 0.516. The molecule has 92 valence electrons. The van der Waals surface area contributed by atoms with Crippen molar-refractivity contribution in [3.63, 3.8) is 0 Å². The molecule has 17 heavy (non-hydrogen) atoms. The number of hydrogen-bond donors (Lipinski definition) is 0. The molecule has 0 amide bonds. The Kier molecular flexibility index (Phi) is 5.84. The first-order valence-electron chi connectivity index (χ1n) is 5.63. The van der Waals surface area contributed by atoms with Crippen LogP contribution in [-0.2, 0) is 9.53 Å². The number of ether oxygens (including phenoxy) is 1. The summed E-state index contributed by atoms with van der Waals surface area (Å²) >= 11 is 1.72. The summed E-state index contributed by atoms with van der Waals surface area (Å²) in [6.45, 7) is 6.46. The number of thioether (sulfide) groups is 1. The van der Waals surface area contributed by atoms with Crippen molar-refractivity contribution in [1.82, 2.24) is 0 Å². The number of aryl methyl sites for hydroxylation is 1. The third-order valence-corrected chi connectivity index (χ3v) is 3.57. The van der Waals surface area contributed by atoms with Gasteiger partial charge in [-0.05, 0) is 38.0 Å². The van der Waals surface area contributed by atoms with Gasteiger partial charge >= 0.3 is 5.97 Å². The van der Waals surface area contributed by atoms with Crippen LogP contribution in [0.3, 0.4) is 0 Å². The van der Waals surface area contributed by atoms with E-state index in [2.05, 4.69) is 32.0 Å². The van der Waals surface area contributed by atoms with Crippen LogP contribution in [0.4, 0.5) is 0 Å². The zero-order valence-electron chi connectivity index (χ0n) is 10.5. The lowest BCUT2D eigenvalue weighted by Crippen LogP contribution is -2.04. The third kappa shape index (κ3) is 4.65. The molecule has 1 aromatic carbocycles. The smallest absolute Gasteiger partial charge is 0.330 e. The summed E-state index contributed by atoms with van der Waals surface area (Å²) in [6, 6.07) is 6.25. The highest BCUT2D eigenvalue weighted by molar-refractivity contribution is 7.99. The van der Waals surface area contributed by atoms with E-state index in [9.17, 15) is 4.79 Å². The van der Waals surface area contributed by atoms with Crippen molar-refractivity contribution < 1.29 is 9.53 Å². The highest BCUT2D eigenvalue weighted by atomic mass is 32.2. The van der Waals surface area contributed by atoms with Gasteiger partial charge < -0.3 is 4.74 Å². The topological polar surface area (TPSA) is 26.3 Å². The van der Waals surface area contributed by atoms with Crippen LogP contribution < -0.4 is 0 Å². The molecule has 0 bridgehead atoms. The van der Waals surface area contributed by atoms with Crippen molar-refractivity contribution in [2.45, 2.75) is 25.7 Å². The van der Waals surface area contributed by atoms with Crippen LogP contribution in [-0.4, -0.2) is 18.3 Å². The van der Waals surface area contributed by atoms with Crippen LogP contribution in [0.15, 0.2) is 35.2 Å². The van der Waals surface area contributed by atoms with Gasteiger partial charge in [-0.25, -0.2) is 4.79 Å². The molecule has 1 aromatic rings. The molecule has 0 saturated heterocycles. The maximum atomic E-state index is 11.1. The molecule has 0 aliphatic heterocycles. The average Bonchev–Trinajstić information content (AvgIpc) is 2.30. The first-order chi connectivity index (χ1) is 8.15. The summed E-state index contributed by atoms with van der Waals surface area (Å²) in [7, 11) is 0. The fourth-order valence-electron chi connectivity index (χ4n) is 1.36. The van der Waals surface area contributed by atoms with Crippen LogP contribution >= 0.6 is 11.8 Å². The minimum absolute atomic E-state index is 0.269. The van der Waals surface area contributed by atoms with Crippen molar-refractivity contribution in [3.05, 3.63) is 41.5 Å². The van der Waals surface area contributed by atoms with Gasteiger partial charge in [-0.1, -0.05) is 18.2 Å². The van der Waals surface area contributed by atoms with Crippen LogP contribution in [0.1, 0.15) is 18.1 Å². The van der Waals surface area contributed by atoms with E-state index in [4.69, 9.17) is 4.74 Å². The zero-order chi connectivity index (χ0) is 12.7. The largest absolute Gasteiger partial charge is 0.462 e. The van der Waals surface area contributed by atoms with Crippen LogP contribution in [0, 0.1) is 13.8 Å². The highest BCUT2D eigenvalue weighted by Gasteiger charge is 2.02.